The second-order valence-electron chi connectivity index (χ2n) is 5.95. The molecule has 0 aromatic rings. The first-order valence-corrected chi connectivity index (χ1v) is 10.2. The van der Waals surface area contributed by atoms with Gasteiger partial charge in [0.05, 0.1) is 17.0 Å². The van der Waals surface area contributed by atoms with Crippen LogP contribution in [0.3, 0.4) is 0 Å². The molecule has 1 unspecified atom stereocenters. The Kier molecular flexibility index (Phi) is 8.68. The lowest BCUT2D eigenvalue weighted by Crippen LogP contribution is -2.43. The monoisotopic (exact) mass is 353 g/mol. The van der Waals surface area contributed by atoms with E-state index in [2.05, 4.69) is 5.32 Å². The van der Waals surface area contributed by atoms with Crippen LogP contribution in [-0.4, -0.2) is 37.7 Å². The van der Waals surface area contributed by atoms with E-state index in [9.17, 15) is 18.0 Å². The van der Waals surface area contributed by atoms with E-state index < -0.39 is 27.0 Å². The molecule has 1 N–H and O–H groups in total. The number of aldehydes is 1. The summed E-state index contributed by atoms with van der Waals surface area (Å²) in [5, 5.41) is 2.09. The average Bonchev–Trinajstić information content (AvgIpc) is 2.83. The summed E-state index contributed by atoms with van der Waals surface area (Å²) in [5.41, 5.74) is 0.503. The van der Waals surface area contributed by atoms with Gasteiger partial charge in [0, 0.05) is 5.57 Å². The molecule has 1 aliphatic rings. The van der Waals surface area contributed by atoms with Crippen molar-refractivity contribution in [3.05, 3.63) is 36.0 Å². The van der Waals surface area contributed by atoms with Crippen LogP contribution in [0.1, 0.15) is 46.0 Å². The highest BCUT2D eigenvalue weighted by Gasteiger charge is 2.28. The Labute approximate surface area is 144 Å². The molecule has 1 atom stereocenters. The van der Waals surface area contributed by atoms with Crippen LogP contribution < -0.4 is 5.32 Å². The molecule has 0 saturated carbocycles. The molecule has 134 valence electrons. The number of sulfone groups is 1. The summed E-state index contributed by atoms with van der Waals surface area (Å²) < 4.78 is 25.1. The number of carbonyl (C=O) groups is 2. The number of hydrogen-bond donors (Lipinski definition) is 1. The Morgan fingerprint density at radius 2 is 1.88 bits per heavy atom. The highest BCUT2D eigenvalue weighted by atomic mass is 32.2. The maximum absolute atomic E-state index is 12.5. The minimum atomic E-state index is -3.43. The summed E-state index contributed by atoms with van der Waals surface area (Å²) in [6.07, 6.45) is 12.5. The van der Waals surface area contributed by atoms with Crippen LogP contribution in [0.5, 0.6) is 0 Å². The van der Waals surface area contributed by atoms with Crippen molar-refractivity contribution >= 4 is 22.0 Å². The predicted octanol–water partition coefficient (Wildman–Crippen LogP) is 2.50. The van der Waals surface area contributed by atoms with Gasteiger partial charge in [0.2, 0.25) is 5.91 Å². The Morgan fingerprint density at radius 3 is 2.46 bits per heavy atom. The van der Waals surface area contributed by atoms with Crippen LogP contribution in [0.4, 0.5) is 0 Å². The first-order valence-electron chi connectivity index (χ1n) is 8.44. The zero-order chi connectivity index (χ0) is 18.0. The van der Waals surface area contributed by atoms with Crippen LogP contribution in [0, 0.1) is 0 Å². The van der Waals surface area contributed by atoms with Gasteiger partial charge in [0.1, 0.15) is 6.29 Å². The van der Waals surface area contributed by atoms with Gasteiger partial charge in [-0.15, -0.1) is 0 Å². The molecule has 0 radical (unpaired) electrons. The zero-order valence-corrected chi connectivity index (χ0v) is 15.2. The highest BCUT2D eigenvalue weighted by molar-refractivity contribution is 7.92. The second kappa shape index (κ2) is 10.2. The van der Waals surface area contributed by atoms with Crippen molar-refractivity contribution in [1.29, 1.82) is 0 Å². The fourth-order valence-corrected chi connectivity index (χ4v) is 4.78. The van der Waals surface area contributed by atoms with Crippen molar-refractivity contribution < 1.29 is 18.0 Å². The summed E-state index contributed by atoms with van der Waals surface area (Å²) in [6, 6.07) is -1.02. The fourth-order valence-electron chi connectivity index (χ4n) is 2.66. The van der Waals surface area contributed by atoms with Crippen molar-refractivity contribution in [3.63, 3.8) is 0 Å². The topological polar surface area (TPSA) is 80.3 Å². The van der Waals surface area contributed by atoms with E-state index in [1.54, 1.807) is 12.2 Å². The van der Waals surface area contributed by atoms with E-state index in [1.165, 1.54) is 0 Å². The molecule has 0 aromatic carbocycles. The smallest absolute Gasteiger partial charge is 0.248 e. The van der Waals surface area contributed by atoms with Crippen molar-refractivity contribution in [2.75, 3.05) is 5.75 Å². The summed E-state index contributed by atoms with van der Waals surface area (Å²) in [5.74, 6) is -0.743. The third-order valence-electron chi connectivity index (χ3n) is 3.91. The Hall–Kier alpha value is -1.69. The van der Waals surface area contributed by atoms with Gasteiger partial charge in [-0.05, 0) is 19.3 Å². The Morgan fingerprint density at radius 1 is 1.21 bits per heavy atom. The maximum Gasteiger partial charge on any atom is 0.248 e. The Bertz CT molecular complexity index is 611. The minimum Gasteiger partial charge on any atom is -0.342 e. The predicted molar refractivity (Wildman–Crippen MR) is 96.4 cm³/mol. The van der Waals surface area contributed by atoms with Crippen LogP contribution in [0.15, 0.2) is 36.0 Å². The Balaban J connectivity index is 2.77. The number of nitrogens with one attached hydrogen (secondary N) is 1. The molecule has 0 aliphatic heterocycles. The van der Waals surface area contributed by atoms with Crippen molar-refractivity contribution in [2.24, 2.45) is 0 Å². The van der Waals surface area contributed by atoms with E-state index in [-0.39, 0.29) is 5.75 Å². The molecule has 0 saturated heterocycles. The molecule has 5 nitrogen and oxygen atoms in total. The minimum absolute atomic E-state index is 0.341. The van der Waals surface area contributed by atoms with Crippen LogP contribution >= 0.6 is 0 Å². The van der Waals surface area contributed by atoms with Gasteiger partial charge in [-0.3, -0.25) is 4.79 Å². The van der Waals surface area contributed by atoms with Crippen molar-refractivity contribution in [1.82, 2.24) is 5.32 Å². The fraction of sp³-hybridized carbons (Fsp3) is 0.556. The van der Waals surface area contributed by atoms with E-state index >= 15 is 0 Å². The lowest BCUT2D eigenvalue weighted by Gasteiger charge is -2.20. The first kappa shape index (κ1) is 20.4. The standard InChI is InChI=1S/C18H27NO4S/c1-3-9-17(10-4-2)24(22,23)14-16(13-20)19-18(21)15-11-7-5-6-8-12-15/h5-8,11,13,16-17H,3-4,9-10,12,14H2,1-2H3,(H,19,21). The zero-order valence-electron chi connectivity index (χ0n) is 14.4. The van der Waals surface area contributed by atoms with E-state index in [0.29, 0.717) is 31.1 Å². The lowest BCUT2D eigenvalue weighted by atomic mass is 10.1. The van der Waals surface area contributed by atoms with E-state index in [0.717, 1.165) is 12.8 Å². The molecule has 0 aromatic heterocycles. The summed E-state index contributed by atoms with van der Waals surface area (Å²) in [7, 11) is -3.43. The van der Waals surface area contributed by atoms with Crippen molar-refractivity contribution in [3.8, 4) is 0 Å². The second-order valence-corrected chi connectivity index (χ2v) is 8.28. The quantitative estimate of drug-likeness (QED) is 0.612. The van der Waals surface area contributed by atoms with Crippen LogP contribution in [0.2, 0.25) is 0 Å². The van der Waals surface area contributed by atoms with Crippen LogP contribution in [0.25, 0.3) is 0 Å². The third kappa shape index (κ3) is 6.43. The number of carbonyl (C=O) groups excluding carboxylic acids is 2. The van der Waals surface area contributed by atoms with Gasteiger partial charge >= 0.3 is 0 Å². The molecular weight excluding hydrogens is 326 g/mol. The van der Waals surface area contributed by atoms with Gasteiger partial charge in [-0.2, -0.15) is 0 Å². The van der Waals surface area contributed by atoms with Gasteiger partial charge in [0.25, 0.3) is 0 Å². The van der Waals surface area contributed by atoms with E-state index in [1.807, 2.05) is 32.1 Å². The molecule has 6 heteroatoms. The average molecular weight is 353 g/mol. The molecule has 0 bridgehead atoms. The van der Waals surface area contributed by atoms with E-state index in [4.69, 9.17) is 0 Å². The third-order valence-corrected chi connectivity index (χ3v) is 6.22. The maximum atomic E-state index is 12.5. The summed E-state index contributed by atoms with van der Waals surface area (Å²) in [6.45, 7) is 3.88. The molecule has 0 spiro atoms. The molecule has 1 amide bonds. The largest absolute Gasteiger partial charge is 0.342 e. The number of amides is 1. The van der Waals surface area contributed by atoms with Crippen LogP contribution in [-0.2, 0) is 19.4 Å². The number of hydrogen-bond acceptors (Lipinski definition) is 4. The first-order chi connectivity index (χ1) is 11.4. The summed E-state index contributed by atoms with van der Waals surface area (Å²) >= 11 is 0. The molecule has 24 heavy (non-hydrogen) atoms. The molecule has 0 fully saturated rings. The SMILES string of the molecule is CCCC(CCC)S(=O)(=O)CC(C=O)NC(=O)C1=CC=CC=CC1. The number of rotatable bonds is 10. The normalized spacial score (nSPS) is 15.7. The van der Waals surface area contributed by atoms with Gasteiger partial charge in [0.15, 0.2) is 9.84 Å². The lowest BCUT2D eigenvalue weighted by molar-refractivity contribution is -0.120. The van der Waals surface area contributed by atoms with Gasteiger partial charge in [-0.25, -0.2) is 8.42 Å². The van der Waals surface area contributed by atoms with Gasteiger partial charge in [-0.1, -0.05) is 57.1 Å². The summed E-state index contributed by atoms with van der Waals surface area (Å²) in [4.78, 5) is 23.5. The number of allylic oxidation sites excluding steroid dienone is 5. The molecule has 1 aliphatic carbocycles. The van der Waals surface area contributed by atoms with Gasteiger partial charge < -0.3 is 10.1 Å². The molecular formula is C18H27NO4S. The highest BCUT2D eigenvalue weighted by Crippen LogP contribution is 2.16. The van der Waals surface area contributed by atoms with Crippen molar-refractivity contribution in [2.45, 2.75) is 57.2 Å². The molecule has 1 rings (SSSR count). The molecule has 0 heterocycles.